The number of thiophene rings is 1. The van der Waals surface area contributed by atoms with E-state index in [1.165, 1.54) is 4.88 Å². The Bertz CT molecular complexity index is 631. The standard InChI is InChI=1S/C16H18N2OS2/c1-18(16(19)12-6-3-2-4-7-12)10-13-11-21-15(17-13)14-8-5-9-20-14/h2-3,5,8-9,11-12H,4,6-7,10H2,1H3/t12-/m0/s1. The highest BCUT2D eigenvalue weighted by Crippen LogP contribution is 2.28. The molecule has 0 aliphatic heterocycles. The van der Waals surface area contributed by atoms with Gasteiger partial charge in [-0.25, -0.2) is 4.98 Å². The van der Waals surface area contributed by atoms with E-state index in [-0.39, 0.29) is 11.8 Å². The number of aromatic nitrogens is 1. The van der Waals surface area contributed by atoms with Crippen molar-refractivity contribution in [3.05, 3.63) is 40.7 Å². The highest BCUT2D eigenvalue weighted by Gasteiger charge is 2.22. The van der Waals surface area contributed by atoms with Gasteiger partial charge in [-0.2, -0.15) is 0 Å². The molecular weight excluding hydrogens is 300 g/mol. The monoisotopic (exact) mass is 318 g/mol. The number of thiazole rings is 1. The van der Waals surface area contributed by atoms with Gasteiger partial charge in [-0.05, 0) is 30.7 Å². The van der Waals surface area contributed by atoms with Gasteiger partial charge in [-0.15, -0.1) is 22.7 Å². The molecule has 3 rings (SSSR count). The maximum atomic E-state index is 12.4. The van der Waals surface area contributed by atoms with Gasteiger partial charge in [0, 0.05) is 18.3 Å². The number of hydrogen-bond acceptors (Lipinski definition) is 4. The Kier molecular flexibility index (Phi) is 4.51. The van der Waals surface area contributed by atoms with Crippen LogP contribution < -0.4 is 0 Å². The fourth-order valence-electron chi connectivity index (χ4n) is 2.54. The first kappa shape index (κ1) is 14.5. The second-order valence-electron chi connectivity index (χ2n) is 5.30. The van der Waals surface area contributed by atoms with E-state index in [9.17, 15) is 4.79 Å². The molecule has 0 radical (unpaired) electrons. The van der Waals surface area contributed by atoms with Crippen LogP contribution >= 0.6 is 22.7 Å². The van der Waals surface area contributed by atoms with Crippen molar-refractivity contribution in [1.82, 2.24) is 9.88 Å². The van der Waals surface area contributed by atoms with Gasteiger partial charge in [0.1, 0.15) is 5.01 Å². The zero-order valence-electron chi connectivity index (χ0n) is 12.0. The second kappa shape index (κ2) is 6.54. The Balaban J connectivity index is 1.63. The highest BCUT2D eigenvalue weighted by atomic mass is 32.1. The summed E-state index contributed by atoms with van der Waals surface area (Å²) in [5.41, 5.74) is 0.977. The van der Waals surface area contributed by atoms with Crippen LogP contribution in [-0.2, 0) is 11.3 Å². The second-order valence-corrected chi connectivity index (χ2v) is 7.10. The average molecular weight is 318 g/mol. The lowest BCUT2D eigenvalue weighted by atomic mass is 9.93. The minimum Gasteiger partial charge on any atom is -0.340 e. The quantitative estimate of drug-likeness (QED) is 0.792. The van der Waals surface area contributed by atoms with E-state index in [1.807, 2.05) is 18.0 Å². The number of carbonyl (C=O) groups is 1. The lowest BCUT2D eigenvalue weighted by molar-refractivity contribution is -0.135. The third-order valence-corrected chi connectivity index (χ3v) is 5.61. The summed E-state index contributed by atoms with van der Waals surface area (Å²) < 4.78 is 0. The van der Waals surface area contributed by atoms with Crippen LogP contribution in [0.25, 0.3) is 9.88 Å². The van der Waals surface area contributed by atoms with Gasteiger partial charge >= 0.3 is 0 Å². The molecule has 0 fully saturated rings. The van der Waals surface area contributed by atoms with Gasteiger partial charge in [0.05, 0.1) is 17.1 Å². The number of hydrogen-bond donors (Lipinski definition) is 0. The molecule has 2 aromatic rings. The van der Waals surface area contributed by atoms with Gasteiger partial charge in [0.25, 0.3) is 0 Å². The van der Waals surface area contributed by atoms with Crippen molar-refractivity contribution in [2.45, 2.75) is 25.8 Å². The molecule has 5 heteroatoms. The smallest absolute Gasteiger partial charge is 0.226 e. The summed E-state index contributed by atoms with van der Waals surface area (Å²) in [6, 6.07) is 4.11. The molecule has 1 atom stereocenters. The van der Waals surface area contributed by atoms with Gasteiger partial charge in [-0.3, -0.25) is 4.79 Å². The Morgan fingerprint density at radius 2 is 2.33 bits per heavy atom. The number of rotatable bonds is 4. The third kappa shape index (κ3) is 3.41. The van der Waals surface area contributed by atoms with E-state index in [4.69, 9.17) is 0 Å². The molecule has 21 heavy (non-hydrogen) atoms. The number of allylic oxidation sites excluding steroid dienone is 2. The minimum atomic E-state index is 0.149. The van der Waals surface area contributed by atoms with E-state index >= 15 is 0 Å². The Morgan fingerprint density at radius 3 is 3.05 bits per heavy atom. The molecule has 0 spiro atoms. The molecule has 2 aromatic heterocycles. The molecule has 3 nitrogen and oxygen atoms in total. The lowest BCUT2D eigenvalue weighted by Gasteiger charge is -2.23. The zero-order chi connectivity index (χ0) is 14.7. The maximum Gasteiger partial charge on any atom is 0.226 e. The maximum absolute atomic E-state index is 12.4. The average Bonchev–Trinajstić information content (AvgIpc) is 3.18. The molecule has 1 aliphatic carbocycles. The summed E-state index contributed by atoms with van der Waals surface area (Å²) in [5, 5.41) is 5.16. The Labute approximate surface area is 132 Å². The van der Waals surface area contributed by atoms with Crippen LogP contribution in [0.2, 0.25) is 0 Å². The molecule has 0 aromatic carbocycles. The van der Waals surface area contributed by atoms with Crippen LogP contribution in [-0.4, -0.2) is 22.8 Å². The highest BCUT2D eigenvalue weighted by molar-refractivity contribution is 7.20. The topological polar surface area (TPSA) is 33.2 Å². The lowest BCUT2D eigenvalue weighted by Crippen LogP contribution is -2.33. The Hall–Kier alpha value is -1.46. The third-order valence-electron chi connectivity index (χ3n) is 3.68. The van der Waals surface area contributed by atoms with E-state index in [0.717, 1.165) is 30.0 Å². The van der Waals surface area contributed by atoms with E-state index in [0.29, 0.717) is 6.54 Å². The molecule has 110 valence electrons. The van der Waals surface area contributed by atoms with E-state index in [2.05, 4.69) is 34.0 Å². The van der Waals surface area contributed by atoms with Gasteiger partial charge < -0.3 is 4.90 Å². The Morgan fingerprint density at radius 1 is 1.43 bits per heavy atom. The molecular formula is C16H18N2OS2. The first-order chi connectivity index (χ1) is 10.2. The molecule has 0 unspecified atom stereocenters. The number of nitrogens with zero attached hydrogens (tertiary/aromatic N) is 2. The number of carbonyl (C=O) groups excluding carboxylic acids is 1. The van der Waals surface area contributed by atoms with Crippen molar-refractivity contribution in [1.29, 1.82) is 0 Å². The minimum absolute atomic E-state index is 0.149. The van der Waals surface area contributed by atoms with E-state index < -0.39 is 0 Å². The van der Waals surface area contributed by atoms with Gasteiger partial charge in [-0.1, -0.05) is 18.2 Å². The molecule has 0 saturated carbocycles. The van der Waals surface area contributed by atoms with Gasteiger partial charge in [0.2, 0.25) is 5.91 Å². The van der Waals surface area contributed by atoms with Crippen LogP contribution in [0, 0.1) is 5.92 Å². The SMILES string of the molecule is CN(Cc1csc(-c2cccs2)n1)C(=O)[C@H]1CC=CCC1. The largest absolute Gasteiger partial charge is 0.340 e. The van der Waals surface area contributed by atoms with Crippen LogP contribution in [0.1, 0.15) is 25.0 Å². The molecule has 2 heterocycles. The summed E-state index contributed by atoms with van der Waals surface area (Å²) in [5.74, 6) is 0.389. The van der Waals surface area contributed by atoms with E-state index in [1.54, 1.807) is 22.7 Å². The molecule has 0 saturated heterocycles. The predicted molar refractivity (Wildman–Crippen MR) is 88.4 cm³/mol. The first-order valence-corrected chi connectivity index (χ1v) is 8.88. The van der Waals surface area contributed by atoms with Crippen LogP contribution in [0.15, 0.2) is 35.0 Å². The van der Waals surface area contributed by atoms with Crippen LogP contribution in [0.3, 0.4) is 0 Å². The van der Waals surface area contributed by atoms with Crippen molar-refractivity contribution in [3.8, 4) is 9.88 Å². The van der Waals surface area contributed by atoms with Crippen LogP contribution in [0.4, 0.5) is 0 Å². The van der Waals surface area contributed by atoms with Gasteiger partial charge in [0.15, 0.2) is 0 Å². The van der Waals surface area contributed by atoms with Crippen molar-refractivity contribution in [2.75, 3.05) is 7.05 Å². The molecule has 1 aliphatic rings. The normalized spacial score (nSPS) is 17.9. The van der Waals surface area contributed by atoms with Crippen molar-refractivity contribution < 1.29 is 4.79 Å². The van der Waals surface area contributed by atoms with Crippen molar-refractivity contribution in [2.24, 2.45) is 5.92 Å². The van der Waals surface area contributed by atoms with Crippen molar-refractivity contribution in [3.63, 3.8) is 0 Å². The predicted octanol–water partition coefficient (Wildman–Crippen LogP) is 4.19. The summed E-state index contributed by atoms with van der Waals surface area (Å²) in [6.07, 6.45) is 7.15. The first-order valence-electron chi connectivity index (χ1n) is 7.12. The summed E-state index contributed by atoms with van der Waals surface area (Å²) in [4.78, 5) is 20.1. The zero-order valence-corrected chi connectivity index (χ0v) is 13.6. The van der Waals surface area contributed by atoms with Crippen molar-refractivity contribution >= 4 is 28.6 Å². The summed E-state index contributed by atoms with van der Waals surface area (Å²) in [7, 11) is 1.88. The summed E-state index contributed by atoms with van der Waals surface area (Å²) in [6.45, 7) is 0.598. The summed E-state index contributed by atoms with van der Waals surface area (Å²) >= 11 is 3.34. The molecule has 1 amide bonds. The number of amides is 1. The fraction of sp³-hybridized carbons (Fsp3) is 0.375. The van der Waals surface area contributed by atoms with Crippen LogP contribution in [0.5, 0.6) is 0 Å². The molecule has 0 bridgehead atoms. The fourth-order valence-corrected chi connectivity index (χ4v) is 4.17. The molecule has 0 N–H and O–H groups in total.